The van der Waals surface area contributed by atoms with E-state index in [4.69, 9.17) is 0 Å². The number of aromatic nitrogens is 1. The third-order valence-corrected chi connectivity index (χ3v) is 4.81. The average Bonchev–Trinajstić information content (AvgIpc) is 2.67. The Morgan fingerprint density at radius 3 is 2.88 bits per heavy atom. The summed E-state index contributed by atoms with van der Waals surface area (Å²) in [7, 11) is 0. The smallest absolute Gasteiger partial charge is 0.220 e. The van der Waals surface area contributed by atoms with E-state index in [1.54, 1.807) is 6.07 Å². The van der Waals surface area contributed by atoms with Crippen molar-refractivity contribution < 1.29 is 9.18 Å². The highest BCUT2D eigenvalue weighted by molar-refractivity contribution is 5.78. The van der Waals surface area contributed by atoms with Crippen LogP contribution < -0.4 is 10.6 Å². The van der Waals surface area contributed by atoms with Crippen LogP contribution in [0.25, 0.3) is 10.9 Å². The number of piperidine rings is 1. The number of para-hydroxylation sites is 1. The van der Waals surface area contributed by atoms with Crippen LogP contribution >= 0.6 is 0 Å². The van der Waals surface area contributed by atoms with Gasteiger partial charge in [-0.1, -0.05) is 36.4 Å². The minimum absolute atomic E-state index is 0.00106. The number of fused-ring (bicyclic) bond motifs is 1. The molecule has 1 aliphatic rings. The largest absolute Gasteiger partial charge is 0.348 e. The van der Waals surface area contributed by atoms with Gasteiger partial charge in [0.15, 0.2) is 0 Å². The number of carbonyl (C=O) groups excluding carboxylic acids is 1. The van der Waals surface area contributed by atoms with Crippen LogP contribution in [0.5, 0.6) is 0 Å². The van der Waals surface area contributed by atoms with Gasteiger partial charge >= 0.3 is 0 Å². The first-order valence-corrected chi connectivity index (χ1v) is 8.82. The summed E-state index contributed by atoms with van der Waals surface area (Å²) in [6.07, 6.45) is 1.18. The summed E-state index contributed by atoms with van der Waals surface area (Å²) in [5.74, 6) is -0.293. The standard InChI is InChI=1S/C21H20FN3O/c22-16-6-3-5-15(12-16)21-19(10-11-20(26)25-21)23-13-17-9-8-14-4-1-2-7-18(14)24-17/h1-9,12,19,21,23H,10-11,13H2,(H,25,26)/t19-,21+/m1/s1. The van der Waals surface area contributed by atoms with Crippen LogP contribution in [0.2, 0.25) is 0 Å². The fourth-order valence-electron chi connectivity index (χ4n) is 3.48. The predicted octanol–water partition coefficient (Wildman–Crippen LogP) is 3.48. The van der Waals surface area contributed by atoms with Gasteiger partial charge in [0.2, 0.25) is 5.91 Å². The first-order valence-electron chi connectivity index (χ1n) is 8.82. The van der Waals surface area contributed by atoms with Gasteiger partial charge in [-0.2, -0.15) is 0 Å². The van der Waals surface area contributed by atoms with Crippen molar-refractivity contribution in [2.45, 2.75) is 31.5 Å². The molecular weight excluding hydrogens is 329 g/mol. The molecule has 0 saturated carbocycles. The maximum absolute atomic E-state index is 13.6. The van der Waals surface area contributed by atoms with Crippen molar-refractivity contribution in [2.24, 2.45) is 0 Å². The number of nitrogens with zero attached hydrogens (tertiary/aromatic N) is 1. The van der Waals surface area contributed by atoms with Gasteiger partial charge in [0, 0.05) is 24.4 Å². The van der Waals surface area contributed by atoms with Crippen molar-refractivity contribution in [3.63, 3.8) is 0 Å². The van der Waals surface area contributed by atoms with E-state index in [2.05, 4.69) is 21.7 Å². The van der Waals surface area contributed by atoms with Gasteiger partial charge in [-0.05, 0) is 36.2 Å². The summed E-state index contributed by atoms with van der Waals surface area (Å²) >= 11 is 0. The number of amides is 1. The number of rotatable bonds is 4. The van der Waals surface area contributed by atoms with Crippen molar-refractivity contribution in [1.82, 2.24) is 15.6 Å². The Hall–Kier alpha value is -2.79. The zero-order valence-electron chi connectivity index (χ0n) is 14.3. The number of pyridine rings is 1. The molecule has 0 radical (unpaired) electrons. The molecule has 3 aromatic rings. The molecule has 2 heterocycles. The predicted molar refractivity (Wildman–Crippen MR) is 98.9 cm³/mol. The highest BCUT2D eigenvalue weighted by atomic mass is 19.1. The first kappa shape index (κ1) is 16.7. The quantitative estimate of drug-likeness (QED) is 0.758. The molecule has 2 aromatic carbocycles. The Balaban J connectivity index is 1.51. The number of benzene rings is 2. The third kappa shape index (κ3) is 3.58. The molecule has 1 aromatic heterocycles. The lowest BCUT2D eigenvalue weighted by atomic mass is 9.92. The Labute approximate surface area is 151 Å². The van der Waals surface area contributed by atoms with Gasteiger partial charge in [-0.25, -0.2) is 4.39 Å². The highest BCUT2D eigenvalue weighted by Gasteiger charge is 2.29. The fourth-order valence-corrected chi connectivity index (χ4v) is 3.48. The number of nitrogens with one attached hydrogen (secondary N) is 2. The maximum Gasteiger partial charge on any atom is 0.220 e. The molecule has 1 fully saturated rings. The molecule has 0 spiro atoms. The monoisotopic (exact) mass is 349 g/mol. The molecule has 0 unspecified atom stereocenters. The van der Waals surface area contributed by atoms with Gasteiger partial charge in [0.1, 0.15) is 5.82 Å². The summed E-state index contributed by atoms with van der Waals surface area (Å²) in [6.45, 7) is 0.594. The van der Waals surface area contributed by atoms with Crippen molar-refractivity contribution in [3.05, 3.63) is 77.7 Å². The van der Waals surface area contributed by atoms with Crippen LogP contribution in [-0.2, 0) is 11.3 Å². The third-order valence-electron chi connectivity index (χ3n) is 4.81. The van der Waals surface area contributed by atoms with E-state index < -0.39 is 0 Å². The van der Waals surface area contributed by atoms with Crippen molar-refractivity contribution in [3.8, 4) is 0 Å². The number of carbonyl (C=O) groups is 1. The Morgan fingerprint density at radius 1 is 1.12 bits per heavy atom. The minimum Gasteiger partial charge on any atom is -0.348 e. The SMILES string of the molecule is O=C1CC[C@@H](NCc2ccc3ccccc3n2)[C@H](c2cccc(F)c2)N1. The van der Waals surface area contributed by atoms with E-state index in [0.29, 0.717) is 19.4 Å². The van der Waals surface area contributed by atoms with E-state index >= 15 is 0 Å². The maximum atomic E-state index is 13.6. The second-order valence-electron chi connectivity index (χ2n) is 6.62. The Morgan fingerprint density at radius 2 is 2.00 bits per heavy atom. The average molecular weight is 349 g/mol. The van der Waals surface area contributed by atoms with Crippen LogP contribution in [0, 0.1) is 5.82 Å². The second-order valence-corrected chi connectivity index (χ2v) is 6.62. The molecule has 132 valence electrons. The number of halogens is 1. The lowest BCUT2D eigenvalue weighted by molar-refractivity contribution is -0.123. The summed E-state index contributed by atoms with van der Waals surface area (Å²) < 4.78 is 13.6. The first-order chi connectivity index (χ1) is 12.7. The Kier molecular flexibility index (Phi) is 4.63. The van der Waals surface area contributed by atoms with Gasteiger partial charge < -0.3 is 10.6 Å². The van der Waals surface area contributed by atoms with E-state index in [0.717, 1.165) is 22.2 Å². The molecule has 5 heteroatoms. The topological polar surface area (TPSA) is 54.0 Å². The summed E-state index contributed by atoms with van der Waals surface area (Å²) in [4.78, 5) is 16.5. The van der Waals surface area contributed by atoms with E-state index in [-0.39, 0.29) is 23.8 Å². The van der Waals surface area contributed by atoms with E-state index in [9.17, 15) is 9.18 Å². The molecule has 1 saturated heterocycles. The summed E-state index contributed by atoms with van der Waals surface area (Å²) in [6, 6.07) is 18.3. The van der Waals surface area contributed by atoms with Gasteiger partial charge in [0.05, 0.1) is 17.3 Å². The van der Waals surface area contributed by atoms with Crippen molar-refractivity contribution in [2.75, 3.05) is 0 Å². The fraction of sp³-hybridized carbons (Fsp3) is 0.238. The van der Waals surface area contributed by atoms with Crippen molar-refractivity contribution >= 4 is 16.8 Å². The molecule has 4 rings (SSSR count). The second kappa shape index (κ2) is 7.22. The van der Waals surface area contributed by atoms with Crippen molar-refractivity contribution in [1.29, 1.82) is 0 Å². The summed E-state index contributed by atoms with van der Waals surface area (Å²) in [5, 5.41) is 7.59. The van der Waals surface area contributed by atoms with Crippen LogP contribution in [-0.4, -0.2) is 16.9 Å². The number of hydrogen-bond donors (Lipinski definition) is 2. The molecule has 0 bridgehead atoms. The normalized spacial score (nSPS) is 20.1. The molecule has 1 aliphatic heterocycles. The molecular formula is C21H20FN3O. The highest BCUT2D eigenvalue weighted by Crippen LogP contribution is 2.25. The molecule has 26 heavy (non-hydrogen) atoms. The minimum atomic E-state index is -0.294. The van der Waals surface area contributed by atoms with Crippen LogP contribution in [0.4, 0.5) is 4.39 Å². The number of hydrogen-bond acceptors (Lipinski definition) is 3. The van der Waals surface area contributed by atoms with Crippen LogP contribution in [0.1, 0.15) is 30.1 Å². The van der Waals surface area contributed by atoms with Crippen LogP contribution in [0.3, 0.4) is 0 Å². The lowest BCUT2D eigenvalue weighted by Gasteiger charge is -2.33. The zero-order chi connectivity index (χ0) is 17.9. The van der Waals surface area contributed by atoms with Crippen LogP contribution in [0.15, 0.2) is 60.7 Å². The van der Waals surface area contributed by atoms with E-state index in [1.807, 2.05) is 36.4 Å². The molecule has 1 amide bonds. The Bertz CT molecular complexity index is 943. The molecule has 4 nitrogen and oxygen atoms in total. The van der Waals surface area contributed by atoms with E-state index in [1.165, 1.54) is 12.1 Å². The van der Waals surface area contributed by atoms with Gasteiger partial charge in [0.25, 0.3) is 0 Å². The summed E-state index contributed by atoms with van der Waals surface area (Å²) in [5.41, 5.74) is 2.69. The molecule has 0 aliphatic carbocycles. The lowest BCUT2D eigenvalue weighted by Crippen LogP contribution is -2.48. The molecule has 2 atom stereocenters. The van der Waals surface area contributed by atoms with Gasteiger partial charge in [-0.15, -0.1) is 0 Å². The zero-order valence-corrected chi connectivity index (χ0v) is 14.3. The van der Waals surface area contributed by atoms with Gasteiger partial charge in [-0.3, -0.25) is 9.78 Å². The molecule has 2 N–H and O–H groups in total.